The van der Waals surface area contributed by atoms with Gasteiger partial charge >= 0.3 is 0 Å². The van der Waals surface area contributed by atoms with E-state index in [1.54, 1.807) is 6.20 Å². The number of benzene rings is 1. The topological polar surface area (TPSA) is 44.2 Å². The van der Waals surface area contributed by atoms with Crippen LogP contribution in [0.2, 0.25) is 0 Å². The normalized spacial score (nSPS) is 13.9. The van der Waals surface area contributed by atoms with Gasteiger partial charge in [-0.05, 0) is 18.8 Å². The lowest BCUT2D eigenvalue weighted by atomic mass is 9.99. The van der Waals surface area contributed by atoms with Crippen molar-refractivity contribution in [2.75, 3.05) is 13.2 Å². The summed E-state index contributed by atoms with van der Waals surface area (Å²) in [6.45, 7) is 3.62. The summed E-state index contributed by atoms with van der Waals surface area (Å²) < 4.78 is 12.2. The molecular weight excluding hydrogens is 432 g/mol. The summed E-state index contributed by atoms with van der Waals surface area (Å²) in [7, 11) is 0. The second-order valence-corrected chi connectivity index (χ2v) is 10.3. The van der Waals surface area contributed by atoms with Crippen molar-refractivity contribution in [2.24, 2.45) is 5.92 Å². The summed E-state index contributed by atoms with van der Waals surface area (Å²) in [6, 6.07) is 10.1. The first-order chi connectivity index (χ1) is 17.4. The smallest absolute Gasteiger partial charge is 0.260 e. The van der Waals surface area contributed by atoms with Crippen molar-refractivity contribution in [3.8, 4) is 23.0 Å². The van der Waals surface area contributed by atoms with Gasteiger partial charge in [0.15, 0.2) is 11.6 Å². The maximum absolute atomic E-state index is 6.13. The Morgan fingerprint density at radius 2 is 1.37 bits per heavy atom. The van der Waals surface area contributed by atoms with E-state index < -0.39 is 0 Å². The summed E-state index contributed by atoms with van der Waals surface area (Å²) in [5.74, 6) is 2.98. The molecule has 0 saturated heterocycles. The summed E-state index contributed by atoms with van der Waals surface area (Å²) >= 11 is 0. The second-order valence-electron chi connectivity index (χ2n) is 10.3. The number of unbranched alkanes of at least 4 members (excludes halogenated alkanes) is 10. The molecule has 1 aliphatic carbocycles. The zero-order valence-electron chi connectivity index (χ0n) is 22.2. The number of aromatic nitrogens is 2. The summed E-state index contributed by atoms with van der Waals surface area (Å²) in [5, 5.41) is 0. The van der Waals surface area contributed by atoms with Crippen LogP contribution in [0.15, 0.2) is 36.5 Å². The van der Waals surface area contributed by atoms with Crippen molar-refractivity contribution < 1.29 is 9.47 Å². The molecule has 2 aromatic rings. The molecule has 0 aliphatic heterocycles. The van der Waals surface area contributed by atoms with Gasteiger partial charge in [0, 0.05) is 5.56 Å². The Kier molecular flexibility index (Phi) is 13.6. The molecule has 0 amide bonds. The lowest BCUT2D eigenvalue weighted by molar-refractivity contribution is 0.249. The van der Waals surface area contributed by atoms with Gasteiger partial charge in [0.05, 0.1) is 19.4 Å². The highest BCUT2D eigenvalue weighted by molar-refractivity contribution is 5.56. The number of rotatable bonds is 19. The molecule has 0 bridgehead atoms. The van der Waals surface area contributed by atoms with E-state index in [0.29, 0.717) is 30.7 Å². The van der Waals surface area contributed by atoms with Crippen LogP contribution in [0.3, 0.4) is 0 Å². The van der Waals surface area contributed by atoms with Gasteiger partial charge in [-0.3, -0.25) is 0 Å². The number of ether oxygens (including phenoxy) is 2. The molecule has 194 valence electrons. The van der Waals surface area contributed by atoms with Crippen molar-refractivity contribution in [1.82, 2.24) is 9.97 Å². The minimum atomic E-state index is 0.585. The molecule has 1 aliphatic rings. The standard InChI is InChI=1S/C31H48N2O2/c1-2-3-4-5-9-17-24-34-29-26-32-30(28-22-13-11-14-23-28)33-31(29)35-25-18-10-7-6-8-12-19-27-20-15-16-21-27/h11,13-14,22-23,26-27H,2-10,12,15-21,24-25H2,1H3. The van der Waals surface area contributed by atoms with E-state index in [9.17, 15) is 0 Å². The lowest BCUT2D eigenvalue weighted by Gasteiger charge is -2.13. The fourth-order valence-corrected chi connectivity index (χ4v) is 5.06. The molecule has 0 atom stereocenters. The zero-order chi connectivity index (χ0) is 24.4. The molecule has 1 aromatic carbocycles. The van der Waals surface area contributed by atoms with Crippen molar-refractivity contribution >= 4 is 0 Å². The Bertz CT molecular complexity index is 790. The number of hydrogen-bond donors (Lipinski definition) is 0. The third-order valence-corrected chi connectivity index (χ3v) is 7.23. The minimum absolute atomic E-state index is 0.585. The molecule has 1 heterocycles. The van der Waals surface area contributed by atoms with E-state index in [1.165, 1.54) is 96.3 Å². The molecule has 1 fully saturated rings. The van der Waals surface area contributed by atoms with E-state index in [0.717, 1.165) is 24.3 Å². The van der Waals surface area contributed by atoms with Crippen LogP contribution < -0.4 is 9.47 Å². The molecule has 35 heavy (non-hydrogen) atoms. The third-order valence-electron chi connectivity index (χ3n) is 7.23. The molecule has 0 radical (unpaired) electrons. The van der Waals surface area contributed by atoms with Crippen molar-refractivity contribution in [3.63, 3.8) is 0 Å². The van der Waals surface area contributed by atoms with Crippen molar-refractivity contribution in [2.45, 2.75) is 116 Å². The minimum Gasteiger partial charge on any atom is -0.487 e. The average molecular weight is 481 g/mol. The lowest BCUT2D eigenvalue weighted by Crippen LogP contribution is -2.06. The van der Waals surface area contributed by atoms with Crippen LogP contribution in [0.1, 0.15) is 116 Å². The average Bonchev–Trinajstić information content (AvgIpc) is 3.42. The predicted molar refractivity (Wildman–Crippen MR) is 146 cm³/mol. The first-order valence-electron chi connectivity index (χ1n) is 14.5. The van der Waals surface area contributed by atoms with E-state index in [1.807, 2.05) is 30.3 Å². The number of hydrogen-bond acceptors (Lipinski definition) is 4. The van der Waals surface area contributed by atoms with Crippen molar-refractivity contribution in [3.05, 3.63) is 36.5 Å². The summed E-state index contributed by atoms with van der Waals surface area (Å²) in [6.07, 6.45) is 24.4. The van der Waals surface area contributed by atoms with E-state index in [2.05, 4.69) is 11.9 Å². The molecule has 0 spiro atoms. The van der Waals surface area contributed by atoms with Gasteiger partial charge in [-0.15, -0.1) is 0 Å². The monoisotopic (exact) mass is 480 g/mol. The highest BCUT2D eigenvalue weighted by Crippen LogP contribution is 2.30. The highest BCUT2D eigenvalue weighted by Gasteiger charge is 2.14. The van der Waals surface area contributed by atoms with Crippen LogP contribution in [-0.4, -0.2) is 23.2 Å². The zero-order valence-corrected chi connectivity index (χ0v) is 22.2. The highest BCUT2D eigenvalue weighted by atomic mass is 16.5. The largest absolute Gasteiger partial charge is 0.487 e. The predicted octanol–water partition coefficient (Wildman–Crippen LogP) is 9.18. The Morgan fingerprint density at radius 1 is 0.743 bits per heavy atom. The van der Waals surface area contributed by atoms with Crippen LogP contribution in [0, 0.1) is 5.92 Å². The molecule has 1 aromatic heterocycles. The first-order valence-corrected chi connectivity index (χ1v) is 14.5. The summed E-state index contributed by atoms with van der Waals surface area (Å²) in [4.78, 5) is 9.27. The van der Waals surface area contributed by atoms with Gasteiger partial charge < -0.3 is 9.47 Å². The van der Waals surface area contributed by atoms with Crippen LogP contribution in [-0.2, 0) is 0 Å². The molecular formula is C31H48N2O2. The third kappa shape index (κ3) is 11.0. The quantitative estimate of drug-likeness (QED) is 0.188. The van der Waals surface area contributed by atoms with E-state index in [4.69, 9.17) is 14.5 Å². The van der Waals surface area contributed by atoms with Gasteiger partial charge in [-0.1, -0.05) is 134 Å². The molecule has 3 rings (SSSR count). The maximum Gasteiger partial charge on any atom is 0.260 e. The van der Waals surface area contributed by atoms with Gasteiger partial charge in [-0.2, -0.15) is 4.98 Å². The number of nitrogens with zero attached hydrogens (tertiary/aromatic N) is 2. The Balaban J connectivity index is 1.38. The van der Waals surface area contributed by atoms with Gasteiger partial charge in [0.25, 0.3) is 5.88 Å². The van der Waals surface area contributed by atoms with Crippen LogP contribution in [0.4, 0.5) is 0 Å². The fourth-order valence-electron chi connectivity index (χ4n) is 5.06. The Morgan fingerprint density at radius 3 is 2.09 bits per heavy atom. The van der Waals surface area contributed by atoms with E-state index >= 15 is 0 Å². The Labute approximate surface area is 214 Å². The first kappa shape index (κ1) is 27.5. The molecule has 0 unspecified atom stereocenters. The maximum atomic E-state index is 6.13. The van der Waals surface area contributed by atoms with E-state index in [-0.39, 0.29) is 0 Å². The van der Waals surface area contributed by atoms with Crippen LogP contribution in [0.5, 0.6) is 11.6 Å². The van der Waals surface area contributed by atoms with Crippen LogP contribution >= 0.6 is 0 Å². The molecule has 0 N–H and O–H groups in total. The summed E-state index contributed by atoms with van der Waals surface area (Å²) in [5.41, 5.74) is 0.998. The van der Waals surface area contributed by atoms with Crippen molar-refractivity contribution in [1.29, 1.82) is 0 Å². The van der Waals surface area contributed by atoms with Gasteiger partial charge in [0.1, 0.15) is 0 Å². The Hall–Kier alpha value is -2.10. The second kappa shape index (κ2) is 17.3. The molecule has 4 nitrogen and oxygen atoms in total. The fraction of sp³-hybridized carbons (Fsp3) is 0.677. The van der Waals surface area contributed by atoms with Gasteiger partial charge in [-0.25, -0.2) is 4.98 Å². The molecule has 4 heteroatoms. The molecule has 1 saturated carbocycles. The van der Waals surface area contributed by atoms with Crippen LogP contribution in [0.25, 0.3) is 11.4 Å². The van der Waals surface area contributed by atoms with Gasteiger partial charge in [0.2, 0.25) is 0 Å². The SMILES string of the molecule is CCCCCCCCOc1cnc(-c2ccccc2)nc1OCCCCCCCCC1CCCC1.